The number of benzene rings is 3. The molecule has 3 rings (SSSR count). The Morgan fingerprint density at radius 1 is 0.833 bits per heavy atom. The molecule has 30 heavy (non-hydrogen) atoms. The Balaban J connectivity index is 1.88. The van der Waals surface area contributed by atoms with Gasteiger partial charge in [0, 0.05) is 24.8 Å². The summed E-state index contributed by atoms with van der Waals surface area (Å²) in [5, 5.41) is 2.61. The second-order valence-electron chi connectivity index (χ2n) is 8.62. The van der Waals surface area contributed by atoms with Gasteiger partial charge in [-0.05, 0) is 39.7 Å². The quantitative estimate of drug-likeness (QED) is 0.412. The third-order valence-corrected chi connectivity index (χ3v) is 10.7. The van der Waals surface area contributed by atoms with Crippen molar-refractivity contribution in [2.24, 2.45) is 0 Å². The number of hydrogen-bond donors (Lipinski definition) is 0. The van der Waals surface area contributed by atoms with E-state index in [1.165, 1.54) is 10.4 Å². The van der Waals surface area contributed by atoms with E-state index < -0.39 is 8.32 Å². The minimum absolute atomic E-state index is 0.0112. The highest BCUT2D eigenvalue weighted by Gasteiger charge is 2.50. The monoisotopic (exact) mass is 413 g/mol. The lowest BCUT2D eigenvalue weighted by Gasteiger charge is -2.43. The molecule has 0 N–H and O–H groups in total. The topological polar surface area (TPSA) is 12.5 Å². The van der Waals surface area contributed by atoms with Crippen molar-refractivity contribution in [2.75, 3.05) is 25.1 Å². The Kier molecular flexibility index (Phi) is 6.82. The number of likely N-dealkylation sites (N-methyl/N-ethyl adjacent to an activating group) is 1. The minimum atomic E-state index is -2.49. The molecule has 2 nitrogen and oxygen atoms in total. The summed E-state index contributed by atoms with van der Waals surface area (Å²) in [4.78, 5) is 2.22. The second kappa shape index (κ2) is 9.34. The van der Waals surface area contributed by atoms with Gasteiger partial charge in [-0.1, -0.05) is 87.4 Å². The van der Waals surface area contributed by atoms with Crippen molar-refractivity contribution in [1.29, 1.82) is 0 Å². The Hall–Kier alpha value is -2.80. The smallest absolute Gasteiger partial charge is 0.261 e. The van der Waals surface area contributed by atoms with Gasteiger partial charge in [-0.25, -0.2) is 0 Å². The standard InChI is InChI=1S/C27H31NOSi/c1-6-23-17-19-24(20-18-23)28(5)21-22-29-30(27(2,3)4,25-13-9-7-10-14-25)26-15-11-8-12-16-26/h1,7-20H,21-22H2,2-5H3. The maximum Gasteiger partial charge on any atom is 0.261 e. The highest BCUT2D eigenvalue weighted by atomic mass is 28.4. The number of rotatable bonds is 7. The van der Waals surface area contributed by atoms with Crippen molar-refractivity contribution in [2.45, 2.75) is 25.8 Å². The van der Waals surface area contributed by atoms with Crippen molar-refractivity contribution < 1.29 is 4.43 Å². The van der Waals surface area contributed by atoms with Gasteiger partial charge in [-0.15, -0.1) is 6.42 Å². The van der Waals surface area contributed by atoms with Gasteiger partial charge < -0.3 is 9.33 Å². The van der Waals surface area contributed by atoms with Crippen LogP contribution in [0.5, 0.6) is 0 Å². The Bertz CT molecular complexity index is 930. The SMILES string of the molecule is C#Cc1ccc(N(C)CCO[Si](c2ccccc2)(c2ccccc2)C(C)(C)C)cc1. The van der Waals surface area contributed by atoms with Gasteiger partial charge in [0.2, 0.25) is 0 Å². The average Bonchev–Trinajstić information content (AvgIpc) is 2.77. The predicted molar refractivity (Wildman–Crippen MR) is 131 cm³/mol. The molecule has 0 aliphatic rings. The predicted octanol–water partition coefficient (Wildman–Crippen LogP) is 4.68. The van der Waals surface area contributed by atoms with Crippen molar-refractivity contribution in [3.63, 3.8) is 0 Å². The molecule has 0 heterocycles. The molecular weight excluding hydrogens is 382 g/mol. The van der Waals surface area contributed by atoms with Crippen LogP contribution in [0.3, 0.4) is 0 Å². The molecule has 154 valence electrons. The maximum absolute atomic E-state index is 6.97. The van der Waals surface area contributed by atoms with Crippen LogP contribution in [0, 0.1) is 12.3 Å². The number of nitrogens with zero attached hydrogens (tertiary/aromatic N) is 1. The van der Waals surface area contributed by atoms with Crippen LogP contribution >= 0.6 is 0 Å². The summed E-state index contributed by atoms with van der Waals surface area (Å²) in [7, 11) is -0.388. The normalized spacial score (nSPS) is 11.7. The molecule has 0 saturated heterocycles. The number of hydrogen-bond acceptors (Lipinski definition) is 2. The first-order valence-corrected chi connectivity index (χ1v) is 12.3. The molecule has 3 heteroatoms. The van der Waals surface area contributed by atoms with Crippen LogP contribution in [0.4, 0.5) is 5.69 Å². The van der Waals surface area contributed by atoms with E-state index in [-0.39, 0.29) is 5.04 Å². The molecular formula is C27H31NOSi. The van der Waals surface area contributed by atoms with E-state index in [1.807, 2.05) is 12.1 Å². The summed E-state index contributed by atoms with van der Waals surface area (Å²) in [6, 6.07) is 29.6. The fourth-order valence-electron chi connectivity index (χ4n) is 4.04. The van der Waals surface area contributed by atoms with Crippen LogP contribution in [0.1, 0.15) is 26.3 Å². The van der Waals surface area contributed by atoms with Crippen LogP contribution < -0.4 is 15.3 Å². The maximum atomic E-state index is 6.97. The fourth-order valence-corrected chi connectivity index (χ4v) is 8.59. The van der Waals surface area contributed by atoms with Crippen LogP contribution in [0.2, 0.25) is 5.04 Å². The molecule has 0 fully saturated rings. The van der Waals surface area contributed by atoms with Crippen molar-refractivity contribution in [3.8, 4) is 12.3 Å². The van der Waals surface area contributed by atoms with Crippen LogP contribution in [-0.4, -0.2) is 28.5 Å². The van der Waals surface area contributed by atoms with Crippen molar-refractivity contribution >= 4 is 24.4 Å². The van der Waals surface area contributed by atoms with E-state index in [1.54, 1.807) is 0 Å². The molecule has 0 atom stereocenters. The summed E-state index contributed by atoms with van der Waals surface area (Å²) < 4.78 is 6.97. The van der Waals surface area contributed by atoms with Crippen LogP contribution in [0.15, 0.2) is 84.9 Å². The molecule has 0 spiro atoms. The van der Waals surface area contributed by atoms with E-state index in [2.05, 4.69) is 111 Å². The third-order valence-electron chi connectivity index (χ3n) is 5.64. The number of anilines is 1. The van der Waals surface area contributed by atoms with Gasteiger partial charge in [0.1, 0.15) is 0 Å². The first-order chi connectivity index (χ1) is 14.4. The second-order valence-corrected chi connectivity index (χ2v) is 12.9. The van der Waals surface area contributed by atoms with Gasteiger partial charge in [0.25, 0.3) is 8.32 Å². The van der Waals surface area contributed by atoms with Crippen molar-refractivity contribution in [3.05, 3.63) is 90.5 Å². The van der Waals surface area contributed by atoms with Gasteiger partial charge >= 0.3 is 0 Å². The summed E-state index contributed by atoms with van der Waals surface area (Å²) >= 11 is 0. The highest BCUT2D eigenvalue weighted by molar-refractivity contribution is 6.99. The molecule has 3 aromatic rings. The zero-order valence-electron chi connectivity index (χ0n) is 18.4. The zero-order chi connectivity index (χ0) is 21.6. The molecule has 0 unspecified atom stereocenters. The van der Waals surface area contributed by atoms with E-state index in [4.69, 9.17) is 10.8 Å². The van der Waals surface area contributed by atoms with Gasteiger partial charge in [-0.2, -0.15) is 0 Å². The number of terminal acetylenes is 1. The molecule has 0 amide bonds. The third kappa shape index (κ3) is 4.51. The van der Waals surface area contributed by atoms with Crippen LogP contribution in [-0.2, 0) is 4.43 Å². The Morgan fingerprint density at radius 3 is 1.77 bits per heavy atom. The zero-order valence-corrected chi connectivity index (χ0v) is 19.4. The molecule has 0 bridgehead atoms. The summed E-state index contributed by atoms with van der Waals surface area (Å²) in [5.74, 6) is 2.67. The van der Waals surface area contributed by atoms with Gasteiger partial charge in [-0.3, -0.25) is 0 Å². The molecule has 0 aliphatic heterocycles. The van der Waals surface area contributed by atoms with Gasteiger partial charge in [0.15, 0.2) is 0 Å². The molecule has 0 aliphatic carbocycles. The summed E-state index contributed by atoms with van der Waals surface area (Å²) in [6.45, 7) is 8.38. The fraction of sp³-hybridized carbons (Fsp3) is 0.259. The molecule has 0 aromatic heterocycles. The van der Waals surface area contributed by atoms with Gasteiger partial charge in [0.05, 0.1) is 6.61 Å². The minimum Gasteiger partial charge on any atom is -0.406 e. The largest absolute Gasteiger partial charge is 0.406 e. The lowest BCUT2D eigenvalue weighted by molar-refractivity contribution is 0.306. The summed E-state index contributed by atoms with van der Waals surface area (Å²) in [5.41, 5.74) is 2.04. The molecule has 3 aromatic carbocycles. The molecule has 0 radical (unpaired) electrons. The first kappa shape index (κ1) is 21.9. The Morgan fingerprint density at radius 2 is 1.33 bits per heavy atom. The van der Waals surface area contributed by atoms with E-state index in [0.29, 0.717) is 6.61 Å². The van der Waals surface area contributed by atoms with Crippen molar-refractivity contribution in [1.82, 2.24) is 0 Å². The van der Waals surface area contributed by atoms with Crippen LogP contribution in [0.25, 0.3) is 0 Å². The lowest BCUT2D eigenvalue weighted by Crippen LogP contribution is -2.67. The first-order valence-electron chi connectivity index (χ1n) is 10.4. The average molecular weight is 414 g/mol. The van der Waals surface area contributed by atoms with E-state index >= 15 is 0 Å². The lowest BCUT2D eigenvalue weighted by atomic mass is 10.2. The molecule has 0 saturated carbocycles. The Labute approximate surface area is 182 Å². The highest BCUT2D eigenvalue weighted by Crippen LogP contribution is 2.36. The van der Waals surface area contributed by atoms with E-state index in [9.17, 15) is 0 Å². The van der Waals surface area contributed by atoms with E-state index in [0.717, 1.165) is 17.8 Å². The summed E-state index contributed by atoms with van der Waals surface area (Å²) in [6.07, 6.45) is 5.48.